The number of hydrogen-bond acceptors (Lipinski definition) is 9. The van der Waals surface area contributed by atoms with E-state index in [-0.39, 0.29) is 17.9 Å². The predicted molar refractivity (Wildman–Crippen MR) is 361 cm³/mol. The number of carbonyl (C=O) groups excluding carboxylic acids is 2. The molecule has 83 heavy (non-hydrogen) atoms. The monoisotopic (exact) mass is 1180 g/mol. The SMILES string of the molecule is CCCCCCCCCCCCCCN(CCN(C)C(=O)CCN(C)CCN(C)CCC(=O)N(C)CCN(CC(O)CCCCCCCCCCCC)CC(O)CCCCCCCCCCCC)CC(O)CCCCCCCCCCCC. The van der Waals surface area contributed by atoms with Gasteiger partial charge in [0.25, 0.3) is 0 Å². The molecule has 496 valence electrons. The van der Waals surface area contributed by atoms with Crippen LogP contribution in [0.1, 0.15) is 329 Å². The first-order valence-corrected chi connectivity index (χ1v) is 36.7. The molecule has 0 aromatic carbocycles. The summed E-state index contributed by atoms with van der Waals surface area (Å²) in [5.74, 6) is 0.285. The van der Waals surface area contributed by atoms with Crippen LogP contribution in [0.25, 0.3) is 0 Å². The molecule has 3 unspecified atom stereocenters. The van der Waals surface area contributed by atoms with E-state index >= 15 is 0 Å². The highest BCUT2D eigenvalue weighted by Crippen LogP contribution is 2.18. The summed E-state index contributed by atoms with van der Waals surface area (Å²) >= 11 is 0. The van der Waals surface area contributed by atoms with Gasteiger partial charge in [-0.1, -0.05) is 291 Å². The molecule has 0 spiro atoms. The summed E-state index contributed by atoms with van der Waals surface area (Å²) in [5, 5.41) is 33.5. The molecule has 0 fully saturated rings. The Hall–Kier alpha value is -1.34. The average molecular weight is 1180 g/mol. The van der Waals surface area contributed by atoms with Crippen LogP contribution in [-0.2, 0) is 9.59 Å². The lowest BCUT2D eigenvalue weighted by atomic mass is 10.0. The number of unbranched alkanes of at least 4 members (excludes halogenated alkanes) is 38. The van der Waals surface area contributed by atoms with Gasteiger partial charge in [-0.05, 0) is 46.3 Å². The summed E-state index contributed by atoms with van der Waals surface area (Å²) in [4.78, 5) is 39.7. The van der Waals surface area contributed by atoms with Crippen LogP contribution in [0.15, 0.2) is 0 Å². The van der Waals surface area contributed by atoms with Gasteiger partial charge in [0.05, 0.1) is 18.3 Å². The lowest BCUT2D eigenvalue weighted by Crippen LogP contribution is -2.43. The molecule has 0 aromatic rings. The smallest absolute Gasteiger partial charge is 0.223 e. The summed E-state index contributed by atoms with van der Waals surface area (Å²) in [6, 6.07) is 0. The summed E-state index contributed by atoms with van der Waals surface area (Å²) in [5.41, 5.74) is 0. The van der Waals surface area contributed by atoms with Gasteiger partial charge in [0.15, 0.2) is 0 Å². The summed E-state index contributed by atoms with van der Waals surface area (Å²) in [6.45, 7) is 17.5. The maximum Gasteiger partial charge on any atom is 0.223 e. The third-order valence-electron chi connectivity index (χ3n) is 18.0. The highest BCUT2D eigenvalue weighted by Gasteiger charge is 2.20. The largest absolute Gasteiger partial charge is 0.392 e. The van der Waals surface area contributed by atoms with Gasteiger partial charge < -0.3 is 34.9 Å². The van der Waals surface area contributed by atoms with Crippen LogP contribution < -0.4 is 0 Å². The fourth-order valence-corrected chi connectivity index (χ4v) is 11.9. The van der Waals surface area contributed by atoms with Crippen molar-refractivity contribution in [3.8, 4) is 0 Å². The van der Waals surface area contributed by atoms with Crippen molar-refractivity contribution in [2.75, 3.05) is 107 Å². The Morgan fingerprint density at radius 2 is 0.494 bits per heavy atom. The zero-order valence-corrected chi connectivity index (χ0v) is 57.3. The average Bonchev–Trinajstić information content (AvgIpc) is 3.48. The quantitative estimate of drug-likeness (QED) is 0.0512. The first kappa shape index (κ1) is 81.7. The number of rotatable bonds is 67. The van der Waals surface area contributed by atoms with Crippen molar-refractivity contribution in [3.05, 3.63) is 0 Å². The van der Waals surface area contributed by atoms with E-state index < -0.39 is 12.2 Å². The molecule has 0 radical (unpaired) electrons. The van der Waals surface area contributed by atoms with E-state index in [4.69, 9.17) is 0 Å². The number of amides is 2. The third kappa shape index (κ3) is 56.9. The molecule has 11 nitrogen and oxygen atoms in total. The maximum absolute atomic E-state index is 13.4. The lowest BCUT2D eigenvalue weighted by molar-refractivity contribution is -0.131. The molecule has 0 rings (SSSR count). The fourth-order valence-electron chi connectivity index (χ4n) is 11.9. The van der Waals surface area contributed by atoms with E-state index in [0.717, 1.165) is 71.1 Å². The van der Waals surface area contributed by atoms with Crippen LogP contribution in [0, 0.1) is 0 Å². The Labute approximate surface area is 518 Å². The van der Waals surface area contributed by atoms with Crippen molar-refractivity contribution >= 4 is 11.8 Å². The minimum Gasteiger partial charge on any atom is -0.392 e. The fraction of sp³-hybridized carbons (Fsp3) is 0.972. The van der Waals surface area contributed by atoms with Gasteiger partial charge in [-0.3, -0.25) is 19.4 Å². The molecule has 3 atom stereocenters. The minimum atomic E-state index is -0.426. The first-order valence-electron chi connectivity index (χ1n) is 36.7. The zero-order valence-electron chi connectivity index (χ0n) is 57.3. The second kappa shape index (κ2) is 62.3. The Morgan fingerprint density at radius 3 is 0.771 bits per heavy atom. The highest BCUT2D eigenvalue weighted by molar-refractivity contribution is 5.76. The number of carbonyl (C=O) groups is 2. The second-order valence-corrected chi connectivity index (χ2v) is 26.6. The van der Waals surface area contributed by atoms with Crippen LogP contribution in [0.3, 0.4) is 0 Å². The molecule has 11 heteroatoms. The van der Waals surface area contributed by atoms with E-state index in [1.807, 2.05) is 23.9 Å². The topological polar surface area (TPSA) is 114 Å². The van der Waals surface area contributed by atoms with Gasteiger partial charge in [0, 0.05) is 98.9 Å². The second-order valence-electron chi connectivity index (χ2n) is 26.6. The Bertz CT molecular complexity index is 1310. The van der Waals surface area contributed by atoms with Gasteiger partial charge in [-0.25, -0.2) is 0 Å². The van der Waals surface area contributed by atoms with E-state index in [2.05, 4.69) is 61.4 Å². The third-order valence-corrected chi connectivity index (χ3v) is 18.0. The molecule has 0 aliphatic heterocycles. The molecular weight excluding hydrogens is 1030 g/mol. The van der Waals surface area contributed by atoms with Gasteiger partial charge in [0.2, 0.25) is 11.8 Å². The lowest BCUT2D eigenvalue weighted by Gasteiger charge is -2.29. The molecule has 0 aromatic heterocycles. The van der Waals surface area contributed by atoms with Crippen LogP contribution in [0.5, 0.6) is 0 Å². The van der Waals surface area contributed by atoms with E-state index in [1.165, 1.54) is 244 Å². The van der Waals surface area contributed by atoms with Crippen LogP contribution >= 0.6 is 0 Å². The number of nitrogens with zero attached hydrogens (tertiary/aromatic N) is 6. The molecule has 0 saturated heterocycles. The molecule has 0 heterocycles. The van der Waals surface area contributed by atoms with Gasteiger partial charge in [-0.2, -0.15) is 0 Å². The summed E-state index contributed by atoms with van der Waals surface area (Å²) < 4.78 is 0. The van der Waals surface area contributed by atoms with Crippen molar-refractivity contribution in [1.29, 1.82) is 0 Å². The van der Waals surface area contributed by atoms with Crippen LogP contribution in [0.2, 0.25) is 0 Å². The van der Waals surface area contributed by atoms with E-state index in [1.54, 1.807) is 0 Å². The molecule has 2 amide bonds. The molecule has 0 aliphatic carbocycles. The Kier molecular flexibility index (Phi) is 61.3. The van der Waals surface area contributed by atoms with Crippen molar-refractivity contribution in [3.63, 3.8) is 0 Å². The van der Waals surface area contributed by atoms with Crippen molar-refractivity contribution in [1.82, 2.24) is 29.4 Å². The maximum atomic E-state index is 13.4. The standard InChI is InChI=1S/C72H148N6O5/c1-9-13-17-21-25-29-33-34-38-42-46-50-56-77(65-68(79)51-47-43-39-35-30-26-22-18-14-10-2)63-61-75(7)71(82)54-57-73(5)59-60-74(6)58-55-72(83)76(8)62-64-78(66-69(80)52-48-44-40-36-31-27-23-19-15-11-3)67-70(81)53-49-45-41-37-32-28-24-20-16-12-4/h68-70,79-81H,9-67H2,1-8H3. The molecule has 0 aliphatic rings. The van der Waals surface area contributed by atoms with E-state index in [0.29, 0.717) is 65.2 Å². The molecule has 0 bridgehead atoms. The number of hydrogen-bond donors (Lipinski definition) is 3. The Morgan fingerprint density at radius 1 is 0.265 bits per heavy atom. The normalized spacial score (nSPS) is 13.1. The summed E-state index contributed by atoms with van der Waals surface area (Å²) in [6.07, 6.45) is 56.8. The van der Waals surface area contributed by atoms with Crippen LogP contribution in [0.4, 0.5) is 0 Å². The van der Waals surface area contributed by atoms with E-state index in [9.17, 15) is 24.9 Å². The highest BCUT2D eigenvalue weighted by atomic mass is 16.3. The number of aliphatic hydroxyl groups is 3. The zero-order chi connectivity index (χ0) is 61.1. The summed E-state index contributed by atoms with van der Waals surface area (Å²) in [7, 11) is 7.99. The number of aliphatic hydroxyl groups excluding tert-OH is 3. The minimum absolute atomic E-state index is 0.117. The molecule has 0 saturated carbocycles. The van der Waals surface area contributed by atoms with Gasteiger partial charge >= 0.3 is 0 Å². The predicted octanol–water partition coefficient (Wildman–Crippen LogP) is 16.9. The number of likely N-dealkylation sites (N-methyl/N-ethyl adjacent to an activating group) is 4. The van der Waals surface area contributed by atoms with Gasteiger partial charge in [-0.15, -0.1) is 0 Å². The van der Waals surface area contributed by atoms with Crippen LogP contribution in [-0.4, -0.2) is 182 Å². The van der Waals surface area contributed by atoms with Crippen molar-refractivity contribution in [2.24, 2.45) is 0 Å². The molecule has 3 N–H and O–H groups in total. The molecular formula is C72H148N6O5. The Balaban J connectivity index is 4.94. The first-order chi connectivity index (χ1) is 40.4. The van der Waals surface area contributed by atoms with Gasteiger partial charge in [0.1, 0.15) is 0 Å². The van der Waals surface area contributed by atoms with Crippen molar-refractivity contribution < 1.29 is 24.9 Å². The van der Waals surface area contributed by atoms with Crippen molar-refractivity contribution in [2.45, 2.75) is 348 Å².